The monoisotopic (exact) mass is 266 g/mol. The van der Waals surface area contributed by atoms with Crippen molar-refractivity contribution < 1.29 is 0 Å². The second-order valence-corrected chi connectivity index (χ2v) is 6.92. The van der Waals surface area contributed by atoms with Crippen molar-refractivity contribution in [1.82, 2.24) is 10.2 Å². The van der Waals surface area contributed by atoms with Gasteiger partial charge in [0.25, 0.3) is 0 Å². The molecule has 0 amide bonds. The van der Waals surface area contributed by atoms with Crippen LogP contribution in [0.5, 0.6) is 0 Å². The molecule has 1 saturated carbocycles. The van der Waals surface area contributed by atoms with E-state index in [0.29, 0.717) is 0 Å². The minimum absolute atomic E-state index is 0.768. The predicted octanol–water partition coefficient (Wildman–Crippen LogP) is 3.52. The summed E-state index contributed by atoms with van der Waals surface area (Å²) in [6, 6.07) is 0.768. The van der Waals surface area contributed by atoms with E-state index in [4.69, 9.17) is 0 Å². The van der Waals surface area contributed by atoms with Gasteiger partial charge in [-0.2, -0.15) is 0 Å². The smallest absolute Gasteiger partial charge is 0.0105 e. The Morgan fingerprint density at radius 1 is 1.05 bits per heavy atom. The minimum atomic E-state index is 0.768. The molecule has 1 heterocycles. The number of hydrogen-bond donors (Lipinski definition) is 1. The molecule has 2 heteroatoms. The standard InChI is InChI=1S/C17H34N2/c1-4-14-8-9-17(18-3)16(11-14)13-19-10-6-7-15(5-2)12-19/h14-18H,4-13H2,1-3H3. The zero-order valence-electron chi connectivity index (χ0n) is 13.3. The molecule has 2 rings (SSSR count). The Morgan fingerprint density at radius 2 is 1.84 bits per heavy atom. The highest BCUT2D eigenvalue weighted by molar-refractivity contribution is 4.86. The Balaban J connectivity index is 1.87. The topological polar surface area (TPSA) is 15.3 Å². The number of nitrogens with zero attached hydrogens (tertiary/aromatic N) is 1. The van der Waals surface area contributed by atoms with Gasteiger partial charge in [-0.15, -0.1) is 0 Å². The second-order valence-electron chi connectivity index (χ2n) is 6.92. The lowest BCUT2D eigenvalue weighted by molar-refractivity contribution is 0.105. The lowest BCUT2D eigenvalue weighted by Crippen LogP contribution is -2.46. The van der Waals surface area contributed by atoms with Gasteiger partial charge in [0.1, 0.15) is 0 Å². The highest BCUT2D eigenvalue weighted by Crippen LogP contribution is 2.32. The van der Waals surface area contributed by atoms with Crippen molar-refractivity contribution in [1.29, 1.82) is 0 Å². The molecule has 0 aromatic heterocycles. The highest BCUT2D eigenvalue weighted by atomic mass is 15.1. The van der Waals surface area contributed by atoms with Crippen LogP contribution in [0.3, 0.4) is 0 Å². The maximum absolute atomic E-state index is 3.59. The second kappa shape index (κ2) is 7.64. The molecule has 2 fully saturated rings. The number of nitrogens with one attached hydrogen (secondary N) is 1. The molecule has 19 heavy (non-hydrogen) atoms. The molecule has 2 aliphatic rings. The summed E-state index contributed by atoms with van der Waals surface area (Å²) >= 11 is 0. The van der Waals surface area contributed by atoms with Crippen molar-refractivity contribution in [3.05, 3.63) is 0 Å². The number of rotatable bonds is 5. The van der Waals surface area contributed by atoms with Crippen molar-refractivity contribution in [3.8, 4) is 0 Å². The molecule has 112 valence electrons. The fourth-order valence-electron chi connectivity index (χ4n) is 4.30. The van der Waals surface area contributed by atoms with Gasteiger partial charge >= 0.3 is 0 Å². The van der Waals surface area contributed by atoms with Gasteiger partial charge in [-0.25, -0.2) is 0 Å². The summed E-state index contributed by atoms with van der Waals surface area (Å²) in [6.07, 6.45) is 9.92. The van der Waals surface area contributed by atoms with Crippen molar-refractivity contribution in [3.63, 3.8) is 0 Å². The highest BCUT2D eigenvalue weighted by Gasteiger charge is 2.31. The Labute approximate surface area is 120 Å². The van der Waals surface area contributed by atoms with Crippen LogP contribution in [0.4, 0.5) is 0 Å². The average molecular weight is 266 g/mol. The van der Waals surface area contributed by atoms with Crippen LogP contribution in [0.2, 0.25) is 0 Å². The van der Waals surface area contributed by atoms with Gasteiger partial charge in [-0.05, 0) is 63.5 Å². The first-order valence-corrected chi connectivity index (χ1v) is 8.66. The van der Waals surface area contributed by atoms with Gasteiger partial charge in [0.05, 0.1) is 0 Å². The largest absolute Gasteiger partial charge is 0.317 e. The van der Waals surface area contributed by atoms with Crippen molar-refractivity contribution >= 4 is 0 Å². The molecule has 1 N–H and O–H groups in total. The van der Waals surface area contributed by atoms with Crippen LogP contribution >= 0.6 is 0 Å². The molecule has 0 aromatic carbocycles. The molecule has 4 atom stereocenters. The summed E-state index contributed by atoms with van der Waals surface area (Å²) < 4.78 is 0. The summed E-state index contributed by atoms with van der Waals surface area (Å²) in [4.78, 5) is 2.77. The normalized spacial score (nSPS) is 37.4. The Morgan fingerprint density at radius 3 is 2.53 bits per heavy atom. The summed E-state index contributed by atoms with van der Waals surface area (Å²) in [7, 11) is 2.16. The van der Waals surface area contributed by atoms with E-state index in [2.05, 4.69) is 31.1 Å². The van der Waals surface area contributed by atoms with E-state index in [1.807, 2.05) is 0 Å². The molecule has 0 aromatic rings. The Hall–Kier alpha value is -0.0800. The molecule has 0 spiro atoms. The van der Waals surface area contributed by atoms with Gasteiger partial charge in [-0.1, -0.05) is 26.7 Å². The third-order valence-electron chi connectivity index (χ3n) is 5.71. The lowest BCUT2D eigenvalue weighted by atomic mass is 9.76. The van der Waals surface area contributed by atoms with Crippen LogP contribution in [0.15, 0.2) is 0 Å². The van der Waals surface area contributed by atoms with E-state index in [0.717, 1.165) is 23.8 Å². The molecule has 4 unspecified atom stereocenters. The van der Waals surface area contributed by atoms with Gasteiger partial charge < -0.3 is 10.2 Å². The molecule has 0 radical (unpaired) electrons. The van der Waals surface area contributed by atoms with Gasteiger partial charge in [0, 0.05) is 19.1 Å². The molecular formula is C17H34N2. The van der Waals surface area contributed by atoms with Crippen LogP contribution < -0.4 is 5.32 Å². The zero-order valence-corrected chi connectivity index (χ0v) is 13.3. The molecule has 2 nitrogen and oxygen atoms in total. The van der Waals surface area contributed by atoms with E-state index in [1.54, 1.807) is 0 Å². The molecule has 1 aliphatic heterocycles. The van der Waals surface area contributed by atoms with Crippen LogP contribution in [0.25, 0.3) is 0 Å². The average Bonchev–Trinajstić information content (AvgIpc) is 2.47. The molecule has 1 aliphatic carbocycles. The van der Waals surface area contributed by atoms with Crippen LogP contribution in [-0.4, -0.2) is 37.6 Å². The van der Waals surface area contributed by atoms with E-state index in [1.165, 1.54) is 64.6 Å². The SMILES string of the molecule is CCC1CCC(NC)C(CN2CCCC(CC)C2)C1. The third kappa shape index (κ3) is 4.19. The zero-order chi connectivity index (χ0) is 13.7. The number of likely N-dealkylation sites (tertiary alicyclic amines) is 1. The van der Waals surface area contributed by atoms with E-state index in [9.17, 15) is 0 Å². The number of hydrogen-bond acceptors (Lipinski definition) is 2. The van der Waals surface area contributed by atoms with Crippen molar-refractivity contribution in [2.75, 3.05) is 26.7 Å². The lowest BCUT2D eigenvalue weighted by Gasteiger charge is -2.41. The third-order valence-corrected chi connectivity index (χ3v) is 5.71. The van der Waals surface area contributed by atoms with Gasteiger partial charge in [-0.3, -0.25) is 0 Å². The van der Waals surface area contributed by atoms with Crippen LogP contribution in [0, 0.1) is 17.8 Å². The van der Waals surface area contributed by atoms with E-state index >= 15 is 0 Å². The maximum atomic E-state index is 3.59. The Kier molecular flexibility index (Phi) is 6.15. The first-order chi connectivity index (χ1) is 9.26. The van der Waals surface area contributed by atoms with Gasteiger partial charge in [0.15, 0.2) is 0 Å². The fraction of sp³-hybridized carbons (Fsp3) is 1.00. The van der Waals surface area contributed by atoms with Crippen LogP contribution in [-0.2, 0) is 0 Å². The van der Waals surface area contributed by atoms with E-state index in [-0.39, 0.29) is 0 Å². The first kappa shape index (κ1) is 15.3. The van der Waals surface area contributed by atoms with Crippen molar-refractivity contribution in [2.24, 2.45) is 17.8 Å². The van der Waals surface area contributed by atoms with Gasteiger partial charge in [0.2, 0.25) is 0 Å². The number of piperidine rings is 1. The summed E-state index contributed by atoms with van der Waals surface area (Å²) in [6.45, 7) is 8.78. The predicted molar refractivity (Wildman–Crippen MR) is 83.4 cm³/mol. The molecule has 1 saturated heterocycles. The molecular weight excluding hydrogens is 232 g/mol. The van der Waals surface area contributed by atoms with E-state index < -0.39 is 0 Å². The molecule has 0 bridgehead atoms. The minimum Gasteiger partial charge on any atom is -0.317 e. The Bertz CT molecular complexity index is 254. The summed E-state index contributed by atoms with van der Waals surface area (Å²) in [5.74, 6) is 2.84. The van der Waals surface area contributed by atoms with Crippen molar-refractivity contribution in [2.45, 2.75) is 64.8 Å². The van der Waals surface area contributed by atoms with Crippen LogP contribution in [0.1, 0.15) is 58.8 Å². The fourth-order valence-corrected chi connectivity index (χ4v) is 4.30. The summed E-state index contributed by atoms with van der Waals surface area (Å²) in [5.41, 5.74) is 0. The quantitative estimate of drug-likeness (QED) is 0.819. The first-order valence-electron chi connectivity index (χ1n) is 8.66. The maximum Gasteiger partial charge on any atom is 0.0105 e. The summed E-state index contributed by atoms with van der Waals surface area (Å²) in [5, 5.41) is 3.59.